The molecule has 102 valence electrons. The quantitative estimate of drug-likeness (QED) is 0.615. The van der Waals surface area contributed by atoms with Crippen LogP contribution in [0.25, 0.3) is 0 Å². The molecule has 1 atom stereocenters. The van der Waals surface area contributed by atoms with Crippen molar-refractivity contribution in [3.05, 3.63) is 22.4 Å². The van der Waals surface area contributed by atoms with E-state index in [0.717, 1.165) is 13.1 Å². The summed E-state index contributed by atoms with van der Waals surface area (Å²) in [5.74, 6) is 5.90. The van der Waals surface area contributed by atoms with Crippen molar-refractivity contribution in [3.8, 4) is 0 Å². The molecule has 4 heteroatoms. The molecular weight excluding hydrogens is 242 g/mol. The highest BCUT2D eigenvalue weighted by Crippen LogP contribution is 2.44. The van der Waals surface area contributed by atoms with Crippen LogP contribution in [0.15, 0.2) is 16.8 Å². The van der Waals surface area contributed by atoms with Crippen molar-refractivity contribution in [2.75, 3.05) is 13.1 Å². The van der Waals surface area contributed by atoms with E-state index in [9.17, 15) is 0 Å². The molecule has 3 N–H and O–H groups in total. The number of hydrogen-bond acceptors (Lipinski definition) is 4. The standard InChI is InChI=1S/C14H25N3S/c1-3-17(4-2)14(8-5-6-9-14)13(16-15)12-7-10-18-11-12/h7,10-11,13,16H,3-6,8-9,15H2,1-2H3. The van der Waals surface area contributed by atoms with Gasteiger partial charge >= 0.3 is 0 Å². The second-order valence-electron chi connectivity index (χ2n) is 5.14. The van der Waals surface area contributed by atoms with Gasteiger partial charge in [-0.05, 0) is 48.3 Å². The number of rotatable bonds is 6. The van der Waals surface area contributed by atoms with E-state index < -0.39 is 0 Å². The number of nitrogens with zero attached hydrogens (tertiary/aromatic N) is 1. The maximum absolute atomic E-state index is 5.90. The summed E-state index contributed by atoms with van der Waals surface area (Å²) in [5.41, 5.74) is 4.65. The molecule has 2 rings (SSSR count). The third kappa shape index (κ3) is 2.35. The van der Waals surface area contributed by atoms with Crippen molar-refractivity contribution in [1.82, 2.24) is 10.3 Å². The lowest BCUT2D eigenvalue weighted by atomic mass is 9.83. The molecule has 1 aliphatic carbocycles. The molecule has 18 heavy (non-hydrogen) atoms. The highest BCUT2D eigenvalue weighted by molar-refractivity contribution is 7.07. The predicted octanol–water partition coefficient (Wildman–Crippen LogP) is 2.91. The average Bonchev–Trinajstić information content (AvgIpc) is 3.04. The molecule has 0 spiro atoms. The van der Waals surface area contributed by atoms with Crippen molar-refractivity contribution in [1.29, 1.82) is 0 Å². The van der Waals surface area contributed by atoms with Gasteiger partial charge in [0.2, 0.25) is 0 Å². The molecule has 1 saturated carbocycles. The monoisotopic (exact) mass is 267 g/mol. The van der Waals surface area contributed by atoms with E-state index in [0.29, 0.717) is 0 Å². The minimum atomic E-state index is 0.208. The van der Waals surface area contributed by atoms with E-state index in [1.807, 2.05) is 0 Å². The van der Waals surface area contributed by atoms with Gasteiger partial charge in [-0.2, -0.15) is 11.3 Å². The molecule has 1 unspecified atom stereocenters. The molecule has 1 aromatic heterocycles. The Morgan fingerprint density at radius 1 is 1.39 bits per heavy atom. The zero-order valence-electron chi connectivity index (χ0n) is 11.5. The Morgan fingerprint density at radius 2 is 2.06 bits per heavy atom. The van der Waals surface area contributed by atoms with E-state index in [1.54, 1.807) is 11.3 Å². The molecule has 1 aliphatic rings. The van der Waals surface area contributed by atoms with E-state index in [2.05, 4.69) is 41.0 Å². The van der Waals surface area contributed by atoms with Crippen LogP contribution in [0.1, 0.15) is 51.1 Å². The second kappa shape index (κ2) is 6.15. The average molecular weight is 267 g/mol. The summed E-state index contributed by atoms with van der Waals surface area (Å²) in [4.78, 5) is 2.60. The van der Waals surface area contributed by atoms with Crippen LogP contribution in [0, 0.1) is 0 Å². The van der Waals surface area contributed by atoms with Gasteiger partial charge in [-0.1, -0.05) is 26.7 Å². The smallest absolute Gasteiger partial charge is 0.0652 e. The lowest BCUT2D eigenvalue weighted by Gasteiger charge is -2.46. The molecule has 3 nitrogen and oxygen atoms in total. The lowest BCUT2D eigenvalue weighted by Crippen LogP contribution is -2.56. The molecule has 0 aliphatic heterocycles. The number of nitrogens with two attached hydrogens (primary N) is 1. The first-order valence-corrected chi connectivity index (χ1v) is 7.96. The van der Waals surface area contributed by atoms with Gasteiger partial charge in [0.25, 0.3) is 0 Å². The van der Waals surface area contributed by atoms with Crippen LogP contribution < -0.4 is 11.3 Å². The summed E-state index contributed by atoms with van der Waals surface area (Å²) in [5, 5.41) is 4.37. The summed E-state index contributed by atoms with van der Waals surface area (Å²) in [6.07, 6.45) is 5.14. The molecule has 1 heterocycles. The Labute approximate surface area is 114 Å². The van der Waals surface area contributed by atoms with Gasteiger partial charge in [0, 0.05) is 5.54 Å². The molecular formula is C14H25N3S. The zero-order valence-corrected chi connectivity index (χ0v) is 12.3. The highest BCUT2D eigenvalue weighted by atomic mass is 32.1. The Hall–Kier alpha value is -0.420. The first kappa shape index (κ1) is 14.0. The van der Waals surface area contributed by atoms with Crippen LogP contribution in [0.2, 0.25) is 0 Å². The molecule has 0 bridgehead atoms. The summed E-state index contributed by atoms with van der Waals surface area (Å²) < 4.78 is 0. The van der Waals surface area contributed by atoms with Gasteiger partial charge in [-0.15, -0.1) is 0 Å². The SMILES string of the molecule is CCN(CC)C1(C(NN)c2ccsc2)CCCC1. The van der Waals surface area contributed by atoms with Gasteiger partial charge in [-0.3, -0.25) is 16.2 Å². The van der Waals surface area contributed by atoms with Crippen LogP contribution >= 0.6 is 11.3 Å². The maximum Gasteiger partial charge on any atom is 0.0652 e. The fourth-order valence-electron chi connectivity index (χ4n) is 3.63. The topological polar surface area (TPSA) is 41.3 Å². The third-order valence-electron chi connectivity index (χ3n) is 4.44. The fourth-order valence-corrected chi connectivity index (χ4v) is 4.31. The van der Waals surface area contributed by atoms with Gasteiger partial charge in [0.15, 0.2) is 0 Å². The van der Waals surface area contributed by atoms with Crippen molar-refractivity contribution in [2.24, 2.45) is 5.84 Å². The fraction of sp³-hybridized carbons (Fsp3) is 0.714. The van der Waals surface area contributed by atoms with E-state index >= 15 is 0 Å². The molecule has 0 amide bonds. The van der Waals surface area contributed by atoms with Gasteiger partial charge < -0.3 is 0 Å². The minimum Gasteiger partial charge on any atom is -0.296 e. The molecule has 1 fully saturated rings. The first-order chi connectivity index (χ1) is 8.78. The highest BCUT2D eigenvalue weighted by Gasteiger charge is 2.45. The number of thiophene rings is 1. The second-order valence-corrected chi connectivity index (χ2v) is 5.92. The van der Waals surface area contributed by atoms with Crippen molar-refractivity contribution in [2.45, 2.75) is 51.1 Å². The van der Waals surface area contributed by atoms with Crippen LogP contribution in [-0.2, 0) is 0 Å². The van der Waals surface area contributed by atoms with Crippen molar-refractivity contribution in [3.63, 3.8) is 0 Å². The molecule has 0 radical (unpaired) electrons. The summed E-state index contributed by atoms with van der Waals surface area (Å²) >= 11 is 1.75. The number of nitrogens with one attached hydrogen (secondary N) is 1. The van der Waals surface area contributed by atoms with Crippen LogP contribution in [0.3, 0.4) is 0 Å². The van der Waals surface area contributed by atoms with Crippen molar-refractivity contribution < 1.29 is 0 Å². The van der Waals surface area contributed by atoms with E-state index in [1.165, 1.54) is 31.2 Å². The van der Waals surface area contributed by atoms with Crippen molar-refractivity contribution >= 4 is 11.3 Å². The molecule has 0 saturated heterocycles. The first-order valence-electron chi connectivity index (χ1n) is 7.01. The summed E-state index contributed by atoms with van der Waals surface area (Å²) in [6.45, 7) is 6.70. The van der Waals surface area contributed by atoms with Crippen LogP contribution in [0.4, 0.5) is 0 Å². The van der Waals surface area contributed by atoms with Gasteiger partial charge in [-0.25, -0.2) is 0 Å². The normalized spacial score (nSPS) is 20.4. The van der Waals surface area contributed by atoms with Gasteiger partial charge in [0.05, 0.1) is 6.04 Å². The van der Waals surface area contributed by atoms with Crippen LogP contribution in [-0.4, -0.2) is 23.5 Å². The number of likely N-dealkylation sites (N-methyl/N-ethyl adjacent to an activating group) is 1. The Kier molecular flexibility index (Phi) is 4.78. The zero-order chi connectivity index (χ0) is 13.0. The number of hydrogen-bond donors (Lipinski definition) is 2. The predicted molar refractivity (Wildman–Crippen MR) is 78.5 cm³/mol. The molecule has 1 aromatic rings. The Bertz CT molecular complexity index is 340. The van der Waals surface area contributed by atoms with Crippen LogP contribution in [0.5, 0.6) is 0 Å². The number of hydrazine groups is 1. The third-order valence-corrected chi connectivity index (χ3v) is 5.14. The summed E-state index contributed by atoms with van der Waals surface area (Å²) in [6, 6.07) is 2.46. The minimum absolute atomic E-state index is 0.208. The maximum atomic E-state index is 5.90. The van der Waals surface area contributed by atoms with E-state index in [4.69, 9.17) is 5.84 Å². The summed E-state index contributed by atoms with van der Waals surface area (Å²) in [7, 11) is 0. The molecule has 0 aromatic carbocycles. The van der Waals surface area contributed by atoms with Gasteiger partial charge in [0.1, 0.15) is 0 Å². The lowest BCUT2D eigenvalue weighted by molar-refractivity contribution is 0.0628. The van der Waals surface area contributed by atoms with E-state index in [-0.39, 0.29) is 11.6 Å². The Morgan fingerprint density at radius 3 is 2.50 bits per heavy atom. The largest absolute Gasteiger partial charge is 0.296 e. The Balaban J connectivity index is 2.33.